The van der Waals surface area contributed by atoms with E-state index >= 15 is 0 Å². The highest BCUT2D eigenvalue weighted by molar-refractivity contribution is 5.54. The number of rotatable bonds is 1. The predicted molar refractivity (Wildman–Crippen MR) is 67.3 cm³/mol. The second kappa shape index (κ2) is 4.02. The monoisotopic (exact) mass is 227 g/mol. The minimum atomic E-state index is -0.0641. The van der Waals surface area contributed by atoms with E-state index in [-0.39, 0.29) is 5.54 Å². The first-order chi connectivity index (χ1) is 8.37. The molecular weight excluding hydrogens is 210 g/mol. The molecule has 3 rings (SSSR count). The molecule has 0 saturated carbocycles. The number of fused-ring (bicyclic) bond motifs is 2. The van der Waals surface area contributed by atoms with Crippen molar-refractivity contribution < 1.29 is 4.79 Å². The Hall–Kier alpha value is -1.57. The summed E-state index contributed by atoms with van der Waals surface area (Å²) in [5.41, 5.74) is 2.72. The SMILES string of the molecule is O=CN1C=CCC[C@@]12CCCc1ccccc12. The van der Waals surface area contributed by atoms with E-state index in [2.05, 4.69) is 30.3 Å². The highest BCUT2D eigenvalue weighted by Crippen LogP contribution is 2.44. The number of aryl methyl sites for hydroxylation is 1. The van der Waals surface area contributed by atoms with Gasteiger partial charge in [-0.05, 0) is 43.2 Å². The molecule has 88 valence electrons. The Morgan fingerprint density at radius 1 is 1.24 bits per heavy atom. The molecule has 1 aliphatic heterocycles. The number of carbonyl (C=O) groups is 1. The lowest BCUT2D eigenvalue weighted by atomic mass is 9.72. The number of benzene rings is 1. The molecule has 0 fully saturated rings. The highest BCUT2D eigenvalue weighted by Gasteiger charge is 2.41. The van der Waals surface area contributed by atoms with E-state index in [4.69, 9.17) is 0 Å². The molecule has 1 aliphatic carbocycles. The van der Waals surface area contributed by atoms with E-state index in [1.54, 1.807) is 0 Å². The molecule has 1 heterocycles. The van der Waals surface area contributed by atoms with Crippen LogP contribution < -0.4 is 0 Å². The summed E-state index contributed by atoms with van der Waals surface area (Å²) in [4.78, 5) is 13.2. The summed E-state index contributed by atoms with van der Waals surface area (Å²) in [6.07, 6.45) is 10.6. The van der Waals surface area contributed by atoms with Crippen LogP contribution in [0.25, 0.3) is 0 Å². The Morgan fingerprint density at radius 3 is 3.00 bits per heavy atom. The topological polar surface area (TPSA) is 20.3 Å². The van der Waals surface area contributed by atoms with Gasteiger partial charge in [-0.15, -0.1) is 0 Å². The van der Waals surface area contributed by atoms with Crippen LogP contribution >= 0.6 is 0 Å². The third kappa shape index (κ3) is 1.51. The van der Waals surface area contributed by atoms with Crippen LogP contribution in [0.15, 0.2) is 36.5 Å². The summed E-state index contributed by atoms with van der Waals surface area (Å²) in [5.74, 6) is 0. The van der Waals surface area contributed by atoms with Crippen LogP contribution in [0.3, 0.4) is 0 Å². The van der Waals surface area contributed by atoms with Gasteiger partial charge in [-0.2, -0.15) is 0 Å². The van der Waals surface area contributed by atoms with Gasteiger partial charge in [0.1, 0.15) is 0 Å². The Bertz CT molecular complexity index is 466. The van der Waals surface area contributed by atoms with Gasteiger partial charge >= 0.3 is 0 Å². The number of nitrogens with zero attached hydrogens (tertiary/aromatic N) is 1. The molecule has 1 aromatic rings. The van der Waals surface area contributed by atoms with Crippen LogP contribution in [0.5, 0.6) is 0 Å². The molecule has 0 bridgehead atoms. The van der Waals surface area contributed by atoms with E-state index < -0.39 is 0 Å². The number of allylic oxidation sites excluding steroid dienone is 1. The molecule has 17 heavy (non-hydrogen) atoms. The summed E-state index contributed by atoms with van der Waals surface area (Å²) < 4.78 is 0. The quantitative estimate of drug-likeness (QED) is 0.675. The summed E-state index contributed by atoms with van der Waals surface area (Å²) >= 11 is 0. The highest BCUT2D eigenvalue weighted by atomic mass is 16.1. The first kappa shape index (κ1) is 10.6. The van der Waals surface area contributed by atoms with Crippen molar-refractivity contribution in [2.45, 2.75) is 37.6 Å². The lowest BCUT2D eigenvalue weighted by Gasteiger charge is -2.46. The molecule has 0 saturated heterocycles. The maximum Gasteiger partial charge on any atom is 0.214 e. The van der Waals surface area contributed by atoms with Crippen LogP contribution in [0, 0.1) is 0 Å². The van der Waals surface area contributed by atoms with Crippen molar-refractivity contribution in [1.29, 1.82) is 0 Å². The normalized spacial score (nSPS) is 26.9. The summed E-state index contributed by atoms with van der Waals surface area (Å²) in [6, 6.07) is 8.59. The fraction of sp³-hybridized carbons (Fsp3) is 0.400. The Labute approximate surface area is 102 Å². The van der Waals surface area contributed by atoms with E-state index in [0.717, 1.165) is 32.1 Å². The van der Waals surface area contributed by atoms with Crippen molar-refractivity contribution >= 4 is 6.41 Å². The molecular formula is C15H17NO. The van der Waals surface area contributed by atoms with Gasteiger partial charge in [0.2, 0.25) is 6.41 Å². The molecule has 2 nitrogen and oxygen atoms in total. The van der Waals surface area contributed by atoms with Gasteiger partial charge in [-0.1, -0.05) is 30.3 Å². The summed E-state index contributed by atoms with van der Waals surface area (Å²) in [7, 11) is 0. The molecule has 0 N–H and O–H groups in total. The van der Waals surface area contributed by atoms with E-state index in [0.29, 0.717) is 0 Å². The smallest absolute Gasteiger partial charge is 0.214 e. The maximum absolute atomic E-state index is 11.3. The van der Waals surface area contributed by atoms with Crippen molar-refractivity contribution in [2.24, 2.45) is 0 Å². The molecule has 2 heteroatoms. The zero-order valence-corrected chi connectivity index (χ0v) is 9.93. The van der Waals surface area contributed by atoms with Gasteiger partial charge in [0.15, 0.2) is 0 Å². The standard InChI is InChI=1S/C15H17NO/c17-12-16-11-4-3-9-15(16)10-5-7-13-6-1-2-8-14(13)15/h1-2,4,6,8,11-12H,3,5,7,9-10H2/t15-/m0/s1. The van der Waals surface area contributed by atoms with Crippen LogP contribution in [0.2, 0.25) is 0 Å². The third-order valence-electron chi connectivity index (χ3n) is 4.15. The predicted octanol–water partition coefficient (Wildman–Crippen LogP) is 2.98. The number of amides is 1. The van der Waals surface area contributed by atoms with Gasteiger partial charge < -0.3 is 4.90 Å². The number of hydrogen-bond donors (Lipinski definition) is 0. The largest absolute Gasteiger partial charge is 0.312 e. The molecule has 1 aromatic carbocycles. The minimum absolute atomic E-state index is 0.0641. The Balaban J connectivity index is 2.14. The van der Waals surface area contributed by atoms with Crippen molar-refractivity contribution in [1.82, 2.24) is 4.90 Å². The Kier molecular flexibility index (Phi) is 2.50. The van der Waals surface area contributed by atoms with Crippen LogP contribution in [-0.2, 0) is 16.8 Å². The molecule has 1 atom stereocenters. The average Bonchev–Trinajstić information content (AvgIpc) is 2.40. The number of carbonyl (C=O) groups excluding carboxylic acids is 1. The lowest BCUT2D eigenvalue weighted by molar-refractivity contribution is -0.122. The maximum atomic E-state index is 11.3. The van der Waals surface area contributed by atoms with Gasteiger partial charge in [0.25, 0.3) is 0 Å². The van der Waals surface area contributed by atoms with Gasteiger partial charge in [-0.25, -0.2) is 0 Å². The van der Waals surface area contributed by atoms with Crippen molar-refractivity contribution in [3.8, 4) is 0 Å². The van der Waals surface area contributed by atoms with Gasteiger partial charge in [-0.3, -0.25) is 4.79 Å². The molecule has 0 aromatic heterocycles. The summed E-state index contributed by atoms with van der Waals surface area (Å²) in [6.45, 7) is 0. The summed E-state index contributed by atoms with van der Waals surface area (Å²) in [5, 5.41) is 0. The van der Waals surface area contributed by atoms with E-state index in [9.17, 15) is 4.79 Å². The Morgan fingerprint density at radius 2 is 2.12 bits per heavy atom. The molecule has 2 aliphatic rings. The van der Waals surface area contributed by atoms with Crippen molar-refractivity contribution in [3.05, 3.63) is 47.7 Å². The van der Waals surface area contributed by atoms with Gasteiger partial charge in [0, 0.05) is 6.20 Å². The number of hydrogen-bond acceptors (Lipinski definition) is 1. The fourth-order valence-electron chi connectivity index (χ4n) is 3.34. The van der Waals surface area contributed by atoms with Crippen LogP contribution in [-0.4, -0.2) is 11.3 Å². The van der Waals surface area contributed by atoms with Crippen molar-refractivity contribution in [2.75, 3.05) is 0 Å². The van der Waals surface area contributed by atoms with Crippen LogP contribution in [0.4, 0.5) is 0 Å². The van der Waals surface area contributed by atoms with E-state index in [1.165, 1.54) is 17.5 Å². The zero-order chi connectivity index (χ0) is 11.7. The van der Waals surface area contributed by atoms with Gasteiger partial charge in [0.05, 0.1) is 5.54 Å². The first-order valence-corrected chi connectivity index (χ1v) is 6.36. The van der Waals surface area contributed by atoms with Crippen LogP contribution in [0.1, 0.15) is 36.8 Å². The first-order valence-electron chi connectivity index (χ1n) is 6.36. The lowest BCUT2D eigenvalue weighted by Crippen LogP contribution is -2.46. The fourth-order valence-corrected chi connectivity index (χ4v) is 3.34. The molecule has 1 amide bonds. The average molecular weight is 227 g/mol. The van der Waals surface area contributed by atoms with Crippen molar-refractivity contribution in [3.63, 3.8) is 0 Å². The van der Waals surface area contributed by atoms with E-state index in [1.807, 2.05) is 11.1 Å². The minimum Gasteiger partial charge on any atom is -0.312 e. The second-order valence-corrected chi connectivity index (χ2v) is 4.98. The molecule has 1 spiro atoms. The second-order valence-electron chi connectivity index (χ2n) is 4.98. The third-order valence-corrected chi connectivity index (χ3v) is 4.15. The molecule has 0 unspecified atom stereocenters. The zero-order valence-electron chi connectivity index (χ0n) is 9.93. The molecule has 0 radical (unpaired) electrons.